The Kier molecular flexibility index (Phi) is 6.99. The molecule has 0 spiro atoms. The van der Waals surface area contributed by atoms with Crippen LogP contribution in [0, 0.1) is 0 Å². The summed E-state index contributed by atoms with van der Waals surface area (Å²) in [6, 6.07) is 12.1. The molecule has 1 aromatic heterocycles. The first-order valence-corrected chi connectivity index (χ1v) is 9.42. The van der Waals surface area contributed by atoms with Gasteiger partial charge in [-0.2, -0.15) is 13.2 Å². The number of halogens is 3. The number of aliphatic hydroxyl groups is 1. The summed E-state index contributed by atoms with van der Waals surface area (Å²) in [5.74, 6) is -3.22. The molecule has 2 aromatic carbocycles. The number of aromatic hydroxyl groups is 1. The number of hydrazine groups is 1. The molecule has 0 aliphatic heterocycles. The topological polar surface area (TPSA) is 136 Å². The van der Waals surface area contributed by atoms with Gasteiger partial charge in [0.25, 0.3) is 5.88 Å². The van der Waals surface area contributed by atoms with E-state index in [-0.39, 0.29) is 12.3 Å². The Labute approximate surface area is 184 Å². The molecule has 0 fully saturated rings. The minimum atomic E-state index is -4.47. The minimum Gasteiger partial charge on any atom is -0.491 e. The van der Waals surface area contributed by atoms with Crippen molar-refractivity contribution in [3.8, 4) is 17.0 Å². The molecule has 9 nitrogen and oxygen atoms in total. The van der Waals surface area contributed by atoms with Gasteiger partial charge in [-0.05, 0) is 34.0 Å². The van der Waals surface area contributed by atoms with E-state index in [9.17, 15) is 33.0 Å². The predicted octanol–water partition coefficient (Wildman–Crippen LogP) is 2.66. The molecule has 33 heavy (non-hydrogen) atoms. The van der Waals surface area contributed by atoms with Crippen LogP contribution in [0.4, 0.5) is 13.2 Å². The molecule has 3 aromatic rings. The van der Waals surface area contributed by atoms with E-state index >= 15 is 0 Å². The normalized spacial score (nSPS) is 12.5. The fourth-order valence-corrected chi connectivity index (χ4v) is 2.91. The van der Waals surface area contributed by atoms with Gasteiger partial charge in [-0.25, -0.2) is 9.80 Å². The second-order valence-electron chi connectivity index (χ2n) is 7.00. The van der Waals surface area contributed by atoms with Crippen molar-refractivity contribution in [2.24, 2.45) is 0 Å². The van der Waals surface area contributed by atoms with E-state index in [1.807, 2.05) is 0 Å². The number of carbonyl (C=O) groups excluding carboxylic acids is 1. The molecule has 3 rings (SSSR count). The van der Waals surface area contributed by atoms with Crippen molar-refractivity contribution in [3.05, 3.63) is 71.5 Å². The summed E-state index contributed by atoms with van der Waals surface area (Å²) in [7, 11) is 0. The van der Waals surface area contributed by atoms with Crippen molar-refractivity contribution >= 4 is 11.9 Å². The van der Waals surface area contributed by atoms with Gasteiger partial charge in [0.05, 0.1) is 18.2 Å². The maximum atomic E-state index is 13.0. The fourth-order valence-electron chi connectivity index (χ4n) is 2.91. The van der Waals surface area contributed by atoms with Gasteiger partial charge < -0.3 is 19.8 Å². The zero-order chi connectivity index (χ0) is 24.2. The number of carbonyl (C=O) groups is 2. The molecular formula is C21H18F3N3O6. The van der Waals surface area contributed by atoms with Crippen molar-refractivity contribution in [3.63, 3.8) is 0 Å². The summed E-state index contributed by atoms with van der Waals surface area (Å²) in [4.78, 5) is 23.3. The van der Waals surface area contributed by atoms with Gasteiger partial charge in [-0.15, -0.1) is 0 Å². The summed E-state index contributed by atoms with van der Waals surface area (Å²) < 4.78 is 43.5. The molecule has 0 radical (unpaired) electrons. The number of aromatic nitrogens is 1. The number of rotatable bonds is 8. The van der Waals surface area contributed by atoms with Crippen LogP contribution < -0.4 is 5.43 Å². The number of nitrogens with one attached hydrogen (secondary N) is 1. The first-order valence-electron chi connectivity index (χ1n) is 9.42. The molecule has 4 N–H and O–H groups in total. The largest absolute Gasteiger partial charge is 0.491 e. The molecule has 1 heterocycles. The average Bonchev–Trinajstić information content (AvgIpc) is 3.20. The van der Waals surface area contributed by atoms with Crippen LogP contribution in [0.15, 0.2) is 59.1 Å². The number of nitrogens with zero attached hydrogens (tertiary/aromatic N) is 2. The van der Waals surface area contributed by atoms with Crippen molar-refractivity contribution in [1.82, 2.24) is 15.6 Å². The lowest BCUT2D eigenvalue weighted by Gasteiger charge is -2.24. The van der Waals surface area contributed by atoms with E-state index in [1.54, 1.807) is 24.3 Å². The first kappa shape index (κ1) is 23.8. The number of carboxylic acids is 1. The van der Waals surface area contributed by atoms with Crippen LogP contribution in [0.2, 0.25) is 0 Å². The Bertz CT molecular complexity index is 1130. The minimum absolute atomic E-state index is 0.0565. The Morgan fingerprint density at radius 1 is 1.09 bits per heavy atom. The number of aliphatic hydroxyl groups excluding tert-OH is 1. The fraction of sp³-hybridized carbons (Fsp3) is 0.190. The quantitative estimate of drug-likeness (QED) is 0.373. The van der Waals surface area contributed by atoms with Gasteiger partial charge in [0.1, 0.15) is 0 Å². The lowest BCUT2D eigenvalue weighted by Crippen LogP contribution is -2.47. The van der Waals surface area contributed by atoms with Crippen LogP contribution in [0.1, 0.15) is 21.7 Å². The Balaban J connectivity index is 1.76. The Morgan fingerprint density at radius 2 is 1.79 bits per heavy atom. The number of carboxylic acid groups (broad SMARTS) is 1. The van der Waals surface area contributed by atoms with Gasteiger partial charge in [0, 0.05) is 6.54 Å². The second-order valence-corrected chi connectivity index (χ2v) is 7.00. The summed E-state index contributed by atoms with van der Waals surface area (Å²) in [5, 5.41) is 32.1. The molecule has 1 atom stereocenters. The molecule has 0 unspecified atom stereocenters. The van der Waals surface area contributed by atoms with Crippen LogP contribution in [-0.2, 0) is 17.5 Å². The van der Waals surface area contributed by atoms with Crippen LogP contribution >= 0.6 is 0 Å². The molecule has 0 aliphatic carbocycles. The van der Waals surface area contributed by atoms with E-state index < -0.39 is 42.1 Å². The molecule has 174 valence electrons. The van der Waals surface area contributed by atoms with Gasteiger partial charge in [0.15, 0.2) is 6.10 Å². The van der Waals surface area contributed by atoms with E-state index in [0.29, 0.717) is 16.7 Å². The van der Waals surface area contributed by atoms with Crippen LogP contribution in [-0.4, -0.2) is 50.0 Å². The molecule has 0 aliphatic rings. The van der Waals surface area contributed by atoms with Gasteiger partial charge in [-0.1, -0.05) is 36.4 Å². The highest BCUT2D eigenvalue weighted by Crippen LogP contribution is 2.32. The van der Waals surface area contributed by atoms with E-state index in [4.69, 9.17) is 5.11 Å². The highest BCUT2D eigenvalue weighted by Gasteiger charge is 2.30. The molecule has 1 amide bonds. The van der Waals surface area contributed by atoms with E-state index in [2.05, 4.69) is 15.1 Å². The number of amides is 1. The maximum absolute atomic E-state index is 13.0. The number of benzene rings is 2. The smallest absolute Gasteiger partial charge is 0.416 e. The average molecular weight is 465 g/mol. The van der Waals surface area contributed by atoms with Gasteiger partial charge in [-0.3, -0.25) is 10.2 Å². The Hall–Kier alpha value is -3.90. The summed E-state index contributed by atoms with van der Waals surface area (Å²) in [5.41, 5.74) is 3.00. The number of hydrogen-bond acceptors (Lipinski definition) is 7. The standard InChI is InChI=1S/C21H18F3N3O6/c22-21(23,24)15-3-1-2-14(8-15)13-6-4-12(5-7-13)10-27(11-16(28)20(31)32)25-19(30)17-9-18(29)26-33-17/h1-9,16,28H,10-11H2,(H,25,30)(H,26,29)(H,31,32)/t16-/m1/s1. The van der Waals surface area contributed by atoms with Crippen LogP contribution in [0.3, 0.4) is 0 Å². The summed E-state index contributed by atoms with van der Waals surface area (Å²) in [6.07, 6.45) is -6.29. The molecule has 12 heteroatoms. The third kappa shape index (κ3) is 6.30. The SMILES string of the molecule is O=C(NN(Cc1ccc(-c2cccc(C(F)(F)F)c2)cc1)C[C@@H](O)C(=O)O)c1cc(O)no1. The number of aliphatic carboxylic acids is 1. The highest BCUT2D eigenvalue weighted by atomic mass is 19.4. The molecule has 0 saturated heterocycles. The maximum Gasteiger partial charge on any atom is 0.416 e. The lowest BCUT2D eigenvalue weighted by molar-refractivity contribution is -0.148. The first-order chi connectivity index (χ1) is 15.5. The van der Waals surface area contributed by atoms with Crippen molar-refractivity contribution < 1.29 is 42.6 Å². The van der Waals surface area contributed by atoms with Gasteiger partial charge in [0.2, 0.25) is 5.76 Å². The molecular weight excluding hydrogens is 447 g/mol. The Morgan fingerprint density at radius 3 is 2.36 bits per heavy atom. The van der Waals surface area contributed by atoms with E-state index in [0.717, 1.165) is 23.2 Å². The summed E-state index contributed by atoms with van der Waals surface area (Å²) in [6.45, 7) is -0.546. The number of hydrogen-bond donors (Lipinski definition) is 4. The number of alkyl halides is 3. The van der Waals surface area contributed by atoms with Crippen molar-refractivity contribution in [1.29, 1.82) is 0 Å². The predicted molar refractivity (Wildman–Crippen MR) is 107 cm³/mol. The van der Waals surface area contributed by atoms with Crippen molar-refractivity contribution in [2.45, 2.75) is 18.8 Å². The van der Waals surface area contributed by atoms with Gasteiger partial charge >= 0.3 is 18.1 Å². The third-order valence-corrected chi connectivity index (χ3v) is 4.51. The lowest BCUT2D eigenvalue weighted by atomic mass is 10.0. The zero-order valence-electron chi connectivity index (χ0n) is 16.8. The molecule has 0 bridgehead atoms. The zero-order valence-corrected chi connectivity index (χ0v) is 16.8. The van der Waals surface area contributed by atoms with Crippen LogP contribution in [0.5, 0.6) is 5.88 Å². The monoisotopic (exact) mass is 465 g/mol. The summed E-state index contributed by atoms with van der Waals surface area (Å²) >= 11 is 0. The third-order valence-electron chi connectivity index (χ3n) is 4.51. The van der Waals surface area contributed by atoms with Crippen LogP contribution in [0.25, 0.3) is 11.1 Å². The van der Waals surface area contributed by atoms with E-state index in [1.165, 1.54) is 12.1 Å². The second kappa shape index (κ2) is 9.71. The van der Waals surface area contributed by atoms with Crippen molar-refractivity contribution in [2.75, 3.05) is 6.54 Å². The highest BCUT2D eigenvalue weighted by molar-refractivity contribution is 5.91. The molecule has 0 saturated carbocycles.